The fourth-order valence-electron chi connectivity index (χ4n) is 1.79. The molecule has 1 N–H and O–H groups in total. The summed E-state index contributed by atoms with van der Waals surface area (Å²) in [7, 11) is 0. The summed E-state index contributed by atoms with van der Waals surface area (Å²) >= 11 is 3.19. The van der Waals surface area contributed by atoms with Gasteiger partial charge in [-0.2, -0.15) is 0 Å². The topological polar surface area (TPSA) is 106 Å². The molecule has 1 aromatic rings. The fraction of sp³-hybridized carbons (Fsp3) is 0.400. The summed E-state index contributed by atoms with van der Waals surface area (Å²) in [5.41, 5.74) is -0.157. The number of hydrogen-bond donors (Lipinski definition) is 1. The Morgan fingerprint density at radius 1 is 1.68 bits per heavy atom. The highest BCUT2D eigenvalue weighted by Gasteiger charge is 2.31. The zero-order valence-corrected chi connectivity index (χ0v) is 11.2. The summed E-state index contributed by atoms with van der Waals surface area (Å²) in [6.07, 6.45) is 1.11. The molecule has 8 nitrogen and oxygen atoms in total. The van der Waals surface area contributed by atoms with Crippen LogP contribution in [0.5, 0.6) is 0 Å². The smallest absolute Gasteiger partial charge is 0.328 e. The molecule has 1 aromatic heterocycles. The van der Waals surface area contributed by atoms with E-state index in [2.05, 4.69) is 20.9 Å². The van der Waals surface area contributed by atoms with Gasteiger partial charge in [-0.3, -0.25) is 10.1 Å². The van der Waals surface area contributed by atoms with Gasteiger partial charge in [0, 0.05) is 12.6 Å². The maximum Gasteiger partial charge on any atom is 0.328 e. The number of ether oxygens (including phenoxy) is 1. The quantitative estimate of drug-likeness (QED) is 0.651. The van der Waals surface area contributed by atoms with Gasteiger partial charge in [0.25, 0.3) is 5.69 Å². The molecule has 1 aliphatic heterocycles. The summed E-state index contributed by atoms with van der Waals surface area (Å²) in [6.45, 7) is 0.801. The van der Waals surface area contributed by atoms with Crippen molar-refractivity contribution >= 4 is 33.4 Å². The number of carbonyl (C=O) groups is 1. The van der Waals surface area contributed by atoms with Crippen LogP contribution in [0.4, 0.5) is 11.5 Å². The Bertz CT molecular complexity index is 524. The molecule has 1 unspecified atom stereocenters. The summed E-state index contributed by atoms with van der Waals surface area (Å²) in [4.78, 5) is 26.8. The van der Waals surface area contributed by atoms with Crippen molar-refractivity contribution in [3.63, 3.8) is 0 Å². The van der Waals surface area contributed by atoms with Crippen molar-refractivity contribution in [2.75, 3.05) is 24.7 Å². The van der Waals surface area contributed by atoms with E-state index in [0.29, 0.717) is 23.4 Å². The molecule has 102 valence electrons. The minimum atomic E-state index is -1.02. The monoisotopic (exact) mass is 331 g/mol. The van der Waals surface area contributed by atoms with Crippen molar-refractivity contribution in [1.82, 2.24) is 4.98 Å². The van der Waals surface area contributed by atoms with Gasteiger partial charge in [0.05, 0.1) is 22.6 Å². The molecule has 0 aromatic carbocycles. The van der Waals surface area contributed by atoms with Crippen LogP contribution in [0.15, 0.2) is 16.7 Å². The predicted molar refractivity (Wildman–Crippen MR) is 68.2 cm³/mol. The number of carboxylic acids is 1. The third-order valence-corrected chi connectivity index (χ3v) is 3.29. The number of carboxylic acid groups (broad SMARTS) is 1. The number of hydrogen-bond acceptors (Lipinski definition) is 6. The molecule has 0 amide bonds. The first-order valence-electron chi connectivity index (χ1n) is 5.38. The van der Waals surface area contributed by atoms with Gasteiger partial charge in [-0.15, -0.1) is 0 Å². The summed E-state index contributed by atoms with van der Waals surface area (Å²) < 4.78 is 5.51. The van der Waals surface area contributed by atoms with Crippen molar-refractivity contribution in [3.8, 4) is 0 Å². The lowest BCUT2D eigenvalue weighted by atomic mass is 10.2. The van der Waals surface area contributed by atoms with Crippen LogP contribution >= 0.6 is 15.9 Å². The number of anilines is 1. The minimum Gasteiger partial charge on any atom is -0.480 e. The van der Waals surface area contributed by atoms with Crippen LogP contribution in [0, 0.1) is 10.1 Å². The Labute approximate surface area is 116 Å². The Balaban J connectivity index is 2.34. The lowest BCUT2D eigenvalue weighted by Gasteiger charge is -2.34. The Morgan fingerprint density at radius 3 is 3.00 bits per heavy atom. The molecule has 9 heteroatoms. The van der Waals surface area contributed by atoms with Gasteiger partial charge in [-0.1, -0.05) is 0 Å². The molecule has 0 radical (unpaired) electrons. The van der Waals surface area contributed by atoms with E-state index in [1.807, 2.05) is 0 Å². The number of nitrogens with zero attached hydrogens (tertiary/aromatic N) is 3. The second-order valence-electron chi connectivity index (χ2n) is 3.88. The van der Waals surface area contributed by atoms with E-state index in [1.165, 1.54) is 6.07 Å². The van der Waals surface area contributed by atoms with Crippen molar-refractivity contribution < 1.29 is 19.6 Å². The molecule has 1 atom stereocenters. The number of halogens is 1. The van der Waals surface area contributed by atoms with Gasteiger partial charge in [-0.25, -0.2) is 9.78 Å². The van der Waals surface area contributed by atoms with E-state index in [4.69, 9.17) is 9.84 Å². The molecule has 1 fully saturated rings. The third kappa shape index (κ3) is 2.82. The maximum atomic E-state index is 11.2. The number of aromatic nitrogens is 1. The largest absolute Gasteiger partial charge is 0.480 e. The van der Waals surface area contributed by atoms with Crippen molar-refractivity contribution in [3.05, 3.63) is 26.9 Å². The molecule has 2 heterocycles. The van der Waals surface area contributed by atoms with Gasteiger partial charge in [-0.05, 0) is 15.9 Å². The van der Waals surface area contributed by atoms with Crippen LogP contribution in [0.2, 0.25) is 0 Å². The highest BCUT2D eigenvalue weighted by atomic mass is 79.9. The zero-order chi connectivity index (χ0) is 14.0. The predicted octanol–water partition coefficient (Wildman–Crippen LogP) is 1.04. The Kier molecular flexibility index (Phi) is 3.96. The lowest BCUT2D eigenvalue weighted by molar-refractivity contribution is -0.385. The van der Waals surface area contributed by atoms with Gasteiger partial charge in [0.2, 0.25) is 0 Å². The standard InChI is InChI=1S/C10H10BrN3O5/c11-7-3-6(14(17)18)4-12-9(7)13-1-2-19-5-8(13)10(15)16/h3-4,8H,1-2,5H2,(H,15,16). The van der Waals surface area contributed by atoms with E-state index >= 15 is 0 Å². The molecule has 2 rings (SSSR count). The Morgan fingerprint density at radius 2 is 2.42 bits per heavy atom. The number of rotatable bonds is 3. The molecule has 0 bridgehead atoms. The zero-order valence-electron chi connectivity index (χ0n) is 9.65. The van der Waals surface area contributed by atoms with Crippen LogP contribution in [0.25, 0.3) is 0 Å². The molecule has 19 heavy (non-hydrogen) atoms. The third-order valence-electron chi connectivity index (χ3n) is 2.70. The second-order valence-corrected chi connectivity index (χ2v) is 4.73. The van der Waals surface area contributed by atoms with Crippen molar-refractivity contribution in [1.29, 1.82) is 0 Å². The van der Waals surface area contributed by atoms with Crippen LogP contribution in [0.3, 0.4) is 0 Å². The van der Waals surface area contributed by atoms with Gasteiger partial charge in [0.15, 0.2) is 6.04 Å². The fourth-order valence-corrected chi connectivity index (χ4v) is 2.36. The van der Waals surface area contributed by atoms with E-state index in [-0.39, 0.29) is 12.3 Å². The van der Waals surface area contributed by atoms with Crippen LogP contribution in [-0.4, -0.2) is 46.8 Å². The van der Waals surface area contributed by atoms with Crippen molar-refractivity contribution in [2.24, 2.45) is 0 Å². The Hall–Kier alpha value is -1.74. The van der Waals surface area contributed by atoms with Gasteiger partial charge >= 0.3 is 5.97 Å². The number of morpholine rings is 1. The van der Waals surface area contributed by atoms with Crippen molar-refractivity contribution in [2.45, 2.75) is 6.04 Å². The normalized spacial score (nSPS) is 19.2. The first-order chi connectivity index (χ1) is 9.00. The van der Waals surface area contributed by atoms with E-state index in [1.54, 1.807) is 4.90 Å². The molecule has 1 aliphatic rings. The van der Waals surface area contributed by atoms with Crippen LogP contribution in [0.1, 0.15) is 0 Å². The van der Waals surface area contributed by atoms with Gasteiger partial charge < -0.3 is 14.7 Å². The SMILES string of the molecule is O=C(O)C1COCCN1c1ncc([N+](=O)[O-])cc1Br. The van der Waals surface area contributed by atoms with Crippen LogP contribution < -0.4 is 4.90 Å². The maximum absolute atomic E-state index is 11.2. The molecule has 1 saturated heterocycles. The summed E-state index contributed by atoms with van der Waals surface area (Å²) in [5.74, 6) is -0.659. The average molecular weight is 332 g/mol. The van der Waals surface area contributed by atoms with E-state index < -0.39 is 16.9 Å². The molecule has 0 saturated carbocycles. The molecule has 0 aliphatic carbocycles. The first-order valence-corrected chi connectivity index (χ1v) is 6.17. The summed E-state index contributed by atoms with van der Waals surface area (Å²) in [5, 5.41) is 19.8. The van der Waals surface area contributed by atoms with E-state index in [9.17, 15) is 14.9 Å². The van der Waals surface area contributed by atoms with Crippen LogP contribution in [-0.2, 0) is 9.53 Å². The minimum absolute atomic E-state index is 0.0560. The number of pyridine rings is 1. The molecular formula is C10H10BrN3O5. The molecular weight excluding hydrogens is 322 g/mol. The average Bonchev–Trinajstić information content (AvgIpc) is 2.38. The second kappa shape index (κ2) is 5.49. The highest BCUT2D eigenvalue weighted by molar-refractivity contribution is 9.10. The highest BCUT2D eigenvalue weighted by Crippen LogP contribution is 2.29. The molecule has 0 spiro atoms. The number of nitro groups is 1. The lowest BCUT2D eigenvalue weighted by Crippen LogP contribution is -2.50. The summed E-state index contributed by atoms with van der Waals surface area (Å²) in [6, 6.07) is 0.454. The first kappa shape index (κ1) is 13.7. The van der Waals surface area contributed by atoms with Gasteiger partial charge in [0.1, 0.15) is 12.0 Å². The number of aliphatic carboxylic acids is 1. The van der Waals surface area contributed by atoms with E-state index in [0.717, 1.165) is 6.20 Å².